The zero-order valence-electron chi connectivity index (χ0n) is 10.4. The average Bonchev–Trinajstić information content (AvgIpc) is 2.88. The third kappa shape index (κ3) is 3.16. The number of ether oxygens (including phenoxy) is 1. The Bertz CT molecular complexity index is 628. The first-order valence-corrected chi connectivity index (χ1v) is 6.55. The van der Waals surface area contributed by atoms with E-state index >= 15 is 0 Å². The second kappa shape index (κ2) is 6.04. The van der Waals surface area contributed by atoms with Gasteiger partial charge in [0.15, 0.2) is 0 Å². The van der Waals surface area contributed by atoms with E-state index in [1.807, 2.05) is 0 Å². The summed E-state index contributed by atoms with van der Waals surface area (Å²) >= 11 is 0.966. The summed E-state index contributed by atoms with van der Waals surface area (Å²) in [4.78, 5) is 15.7. The lowest BCUT2D eigenvalue weighted by molar-refractivity contribution is 0.0532. The molecule has 2 rings (SSSR count). The predicted molar refractivity (Wildman–Crippen MR) is 68.4 cm³/mol. The van der Waals surface area contributed by atoms with Gasteiger partial charge in [-0.2, -0.15) is 0 Å². The highest BCUT2D eigenvalue weighted by Crippen LogP contribution is 2.30. The minimum absolute atomic E-state index is 0.209. The van der Waals surface area contributed by atoms with E-state index in [1.54, 1.807) is 6.92 Å². The van der Waals surface area contributed by atoms with Gasteiger partial charge >= 0.3 is 5.97 Å². The number of aromatic nitrogens is 1. The van der Waals surface area contributed by atoms with Gasteiger partial charge in [0, 0.05) is 11.1 Å². The molecule has 0 saturated carbocycles. The number of benzene rings is 1. The molecule has 7 heteroatoms. The van der Waals surface area contributed by atoms with Crippen LogP contribution in [0.4, 0.5) is 13.2 Å². The summed E-state index contributed by atoms with van der Waals surface area (Å²) in [6.07, 6.45) is -1.49. The van der Waals surface area contributed by atoms with Crippen LogP contribution in [0.2, 0.25) is 0 Å². The van der Waals surface area contributed by atoms with Crippen molar-refractivity contribution in [2.24, 2.45) is 0 Å². The average molecular weight is 301 g/mol. The summed E-state index contributed by atoms with van der Waals surface area (Å²) in [7, 11) is 0. The maximum absolute atomic E-state index is 13.3. The minimum atomic E-state index is -2.77. The summed E-state index contributed by atoms with van der Waals surface area (Å²) in [5.41, 5.74) is -0.214. The molecule has 0 saturated heterocycles. The van der Waals surface area contributed by atoms with Crippen molar-refractivity contribution < 1.29 is 22.7 Å². The number of carbonyl (C=O) groups is 1. The van der Waals surface area contributed by atoms with Crippen LogP contribution in [0, 0.1) is 5.82 Å². The fraction of sp³-hybridized carbons (Fsp3) is 0.231. The van der Waals surface area contributed by atoms with E-state index in [1.165, 1.54) is 6.20 Å². The Hall–Kier alpha value is -1.89. The summed E-state index contributed by atoms with van der Waals surface area (Å²) < 4.78 is 43.3. The number of nitrogens with zero attached hydrogens (tertiary/aromatic N) is 1. The van der Waals surface area contributed by atoms with E-state index in [2.05, 4.69) is 4.98 Å². The molecule has 1 aromatic carbocycles. The highest BCUT2D eigenvalue weighted by atomic mass is 32.1. The van der Waals surface area contributed by atoms with Gasteiger partial charge < -0.3 is 4.74 Å². The van der Waals surface area contributed by atoms with E-state index in [0.717, 1.165) is 29.5 Å². The Balaban J connectivity index is 2.34. The molecule has 0 atom stereocenters. The van der Waals surface area contributed by atoms with Crippen LogP contribution in [0.25, 0.3) is 10.6 Å². The third-order valence-corrected chi connectivity index (χ3v) is 3.43. The van der Waals surface area contributed by atoms with Crippen molar-refractivity contribution >= 4 is 17.3 Å². The maximum Gasteiger partial charge on any atom is 0.349 e. The number of hydrogen-bond donors (Lipinski definition) is 0. The highest BCUT2D eigenvalue weighted by Gasteiger charge is 2.15. The molecule has 3 nitrogen and oxygen atoms in total. The van der Waals surface area contributed by atoms with Crippen molar-refractivity contribution in [2.75, 3.05) is 6.61 Å². The fourth-order valence-electron chi connectivity index (χ4n) is 1.57. The van der Waals surface area contributed by atoms with Gasteiger partial charge in [0.2, 0.25) is 0 Å². The van der Waals surface area contributed by atoms with Gasteiger partial charge in [-0.15, -0.1) is 11.3 Å². The first kappa shape index (κ1) is 14.5. The largest absolute Gasteiger partial charge is 0.462 e. The third-order valence-electron chi connectivity index (χ3n) is 2.40. The molecule has 2 aromatic rings. The quantitative estimate of drug-likeness (QED) is 0.799. The zero-order chi connectivity index (χ0) is 14.7. The molecule has 0 unspecified atom stereocenters. The number of carbonyl (C=O) groups excluding carboxylic acids is 1. The molecular weight excluding hydrogens is 291 g/mol. The van der Waals surface area contributed by atoms with Crippen molar-refractivity contribution in [3.05, 3.63) is 40.7 Å². The minimum Gasteiger partial charge on any atom is -0.462 e. The first-order valence-electron chi connectivity index (χ1n) is 5.73. The molecule has 0 spiro atoms. The van der Waals surface area contributed by atoms with Crippen molar-refractivity contribution in [1.29, 1.82) is 0 Å². The van der Waals surface area contributed by atoms with E-state index in [-0.39, 0.29) is 22.1 Å². The van der Waals surface area contributed by atoms with Crippen molar-refractivity contribution in [3.63, 3.8) is 0 Å². The summed E-state index contributed by atoms with van der Waals surface area (Å²) in [5, 5.41) is 0.287. The van der Waals surface area contributed by atoms with Gasteiger partial charge in [0.05, 0.1) is 12.8 Å². The molecule has 0 amide bonds. The summed E-state index contributed by atoms with van der Waals surface area (Å²) in [6, 6.07) is 3.02. The molecule has 0 radical (unpaired) electrons. The highest BCUT2D eigenvalue weighted by molar-refractivity contribution is 7.16. The van der Waals surface area contributed by atoms with Gasteiger partial charge in [0.25, 0.3) is 6.43 Å². The molecule has 1 heterocycles. The van der Waals surface area contributed by atoms with Crippen LogP contribution in [0.15, 0.2) is 24.4 Å². The second-order valence-electron chi connectivity index (χ2n) is 3.82. The molecule has 106 valence electrons. The molecule has 1 aromatic heterocycles. The number of thiazole rings is 1. The lowest BCUT2D eigenvalue weighted by Gasteiger charge is -2.03. The number of hydrogen-bond acceptors (Lipinski definition) is 4. The molecular formula is C13H10F3NO2S. The number of esters is 1. The van der Waals surface area contributed by atoms with Gasteiger partial charge in [-0.25, -0.2) is 22.9 Å². The van der Waals surface area contributed by atoms with Crippen LogP contribution in [-0.2, 0) is 4.74 Å². The number of alkyl halides is 2. The molecule has 0 N–H and O–H groups in total. The van der Waals surface area contributed by atoms with E-state index < -0.39 is 23.8 Å². The smallest absolute Gasteiger partial charge is 0.349 e. The number of rotatable bonds is 4. The molecule has 0 aliphatic heterocycles. The van der Waals surface area contributed by atoms with Gasteiger partial charge in [-0.1, -0.05) is 0 Å². The Morgan fingerprint density at radius 2 is 2.15 bits per heavy atom. The topological polar surface area (TPSA) is 39.2 Å². The van der Waals surface area contributed by atoms with E-state index in [4.69, 9.17) is 4.74 Å². The van der Waals surface area contributed by atoms with Crippen LogP contribution in [0.5, 0.6) is 0 Å². The van der Waals surface area contributed by atoms with Gasteiger partial charge in [-0.05, 0) is 25.1 Å². The second-order valence-corrected chi connectivity index (χ2v) is 4.85. The normalized spacial score (nSPS) is 10.8. The van der Waals surface area contributed by atoms with E-state index in [9.17, 15) is 18.0 Å². The lowest BCUT2D eigenvalue weighted by Crippen LogP contribution is -2.01. The SMILES string of the molecule is CCOC(=O)c1cnc(-c2cc(F)cc(C(F)F)c2)s1. The first-order chi connectivity index (χ1) is 9.51. The Morgan fingerprint density at radius 3 is 2.80 bits per heavy atom. The monoisotopic (exact) mass is 301 g/mol. The fourth-order valence-corrected chi connectivity index (χ4v) is 2.36. The number of halogens is 3. The zero-order valence-corrected chi connectivity index (χ0v) is 11.2. The summed E-state index contributed by atoms with van der Waals surface area (Å²) in [5.74, 6) is -1.31. The molecule has 0 fully saturated rings. The van der Waals surface area contributed by atoms with Crippen LogP contribution in [0.3, 0.4) is 0 Å². The Kier molecular flexibility index (Phi) is 4.39. The molecule has 20 heavy (non-hydrogen) atoms. The van der Waals surface area contributed by atoms with Crippen LogP contribution in [-0.4, -0.2) is 17.6 Å². The molecule has 0 aliphatic carbocycles. The Morgan fingerprint density at radius 1 is 1.40 bits per heavy atom. The van der Waals surface area contributed by atoms with Crippen LogP contribution < -0.4 is 0 Å². The summed E-state index contributed by atoms with van der Waals surface area (Å²) in [6.45, 7) is 1.89. The Labute approximate surface area is 117 Å². The van der Waals surface area contributed by atoms with Gasteiger partial charge in [-0.3, -0.25) is 0 Å². The van der Waals surface area contributed by atoms with E-state index in [0.29, 0.717) is 0 Å². The predicted octanol–water partition coefficient (Wildman–Crippen LogP) is 4.06. The maximum atomic E-state index is 13.3. The van der Waals surface area contributed by atoms with Gasteiger partial charge in [0.1, 0.15) is 15.7 Å². The van der Waals surface area contributed by atoms with Crippen molar-refractivity contribution in [1.82, 2.24) is 4.98 Å². The molecule has 0 bridgehead atoms. The molecule has 0 aliphatic rings. The van der Waals surface area contributed by atoms with Crippen molar-refractivity contribution in [3.8, 4) is 10.6 Å². The van der Waals surface area contributed by atoms with Crippen molar-refractivity contribution in [2.45, 2.75) is 13.3 Å². The van der Waals surface area contributed by atoms with Crippen LogP contribution in [0.1, 0.15) is 28.6 Å². The van der Waals surface area contributed by atoms with Crippen LogP contribution >= 0.6 is 11.3 Å². The standard InChI is InChI=1S/C13H10F3NO2S/c1-2-19-13(18)10-6-17-12(20-10)8-3-7(11(15)16)4-9(14)5-8/h3-6,11H,2H2,1H3. The lowest BCUT2D eigenvalue weighted by atomic mass is 10.1.